The van der Waals surface area contributed by atoms with E-state index < -0.39 is 0 Å². The number of rotatable bonds is 4. The van der Waals surface area contributed by atoms with Crippen LogP contribution in [0.5, 0.6) is 0 Å². The van der Waals surface area contributed by atoms with Crippen molar-refractivity contribution in [1.82, 2.24) is 5.32 Å². The number of anilines is 1. The largest absolute Gasteiger partial charge is 0.396 e. The van der Waals surface area contributed by atoms with Crippen molar-refractivity contribution in [3.63, 3.8) is 0 Å². The number of nitrogens with zero attached hydrogens (tertiary/aromatic N) is 2. The van der Waals surface area contributed by atoms with E-state index in [-0.39, 0.29) is 24.5 Å². The molecule has 0 spiro atoms. The highest BCUT2D eigenvalue weighted by molar-refractivity contribution is 5.94. The highest BCUT2D eigenvalue weighted by Gasteiger charge is 2.25. The summed E-state index contributed by atoms with van der Waals surface area (Å²) in [6, 6.07) is 7.70. The van der Waals surface area contributed by atoms with Crippen molar-refractivity contribution in [2.24, 2.45) is 11.0 Å². The van der Waals surface area contributed by atoms with Gasteiger partial charge >= 0.3 is 0 Å². The Morgan fingerprint density at radius 3 is 2.67 bits per heavy atom. The molecule has 1 aliphatic carbocycles. The summed E-state index contributed by atoms with van der Waals surface area (Å²) in [5.74, 6) is 0.130. The minimum Gasteiger partial charge on any atom is -0.396 e. The van der Waals surface area contributed by atoms with Crippen LogP contribution in [0, 0.1) is 5.92 Å². The molecule has 0 bridgehead atoms. The minimum absolute atomic E-state index is 0.0481. The highest BCUT2D eigenvalue weighted by atomic mass is 16.3. The number of aliphatic hydroxyl groups is 1. The zero-order valence-electron chi connectivity index (χ0n) is 14.4. The Kier molecular flexibility index (Phi) is 5.51. The Hall–Kier alpha value is -1.88. The van der Waals surface area contributed by atoms with E-state index in [9.17, 15) is 9.90 Å². The Labute approximate surface area is 143 Å². The molecule has 5 heteroatoms. The number of amides is 1. The fourth-order valence-corrected chi connectivity index (χ4v) is 3.59. The molecule has 2 aliphatic rings. The molecule has 1 heterocycles. The van der Waals surface area contributed by atoms with Crippen molar-refractivity contribution < 1.29 is 9.90 Å². The van der Waals surface area contributed by atoms with Gasteiger partial charge in [0, 0.05) is 42.8 Å². The fourth-order valence-electron chi connectivity index (χ4n) is 3.59. The van der Waals surface area contributed by atoms with Gasteiger partial charge in [0.15, 0.2) is 0 Å². The summed E-state index contributed by atoms with van der Waals surface area (Å²) < 4.78 is 0. The van der Waals surface area contributed by atoms with Crippen LogP contribution in [0.1, 0.15) is 55.8 Å². The SMILES string of the molecule is CC1=NN(c2ccc(C(=O)NC3CCCCCC3CO)cc2)CC1. The summed E-state index contributed by atoms with van der Waals surface area (Å²) in [7, 11) is 0. The number of carbonyl (C=O) groups excluding carboxylic acids is 1. The zero-order chi connectivity index (χ0) is 16.9. The third-order valence-corrected chi connectivity index (χ3v) is 5.11. The first-order valence-corrected chi connectivity index (χ1v) is 9.01. The first-order chi connectivity index (χ1) is 11.7. The van der Waals surface area contributed by atoms with E-state index in [4.69, 9.17) is 0 Å². The predicted molar refractivity (Wildman–Crippen MR) is 96.4 cm³/mol. The van der Waals surface area contributed by atoms with Crippen molar-refractivity contribution in [2.45, 2.75) is 51.5 Å². The van der Waals surface area contributed by atoms with Crippen molar-refractivity contribution in [2.75, 3.05) is 18.2 Å². The molecular formula is C19H27N3O2. The lowest BCUT2D eigenvalue weighted by atomic mass is 9.95. The average Bonchev–Trinajstić information content (AvgIpc) is 2.91. The van der Waals surface area contributed by atoms with E-state index in [1.807, 2.05) is 36.2 Å². The van der Waals surface area contributed by atoms with Gasteiger partial charge in [-0.25, -0.2) is 0 Å². The van der Waals surface area contributed by atoms with Gasteiger partial charge < -0.3 is 10.4 Å². The molecule has 3 rings (SSSR count). The molecule has 1 amide bonds. The predicted octanol–water partition coefficient (Wildman–Crippen LogP) is 2.94. The van der Waals surface area contributed by atoms with Gasteiger partial charge in [0.2, 0.25) is 0 Å². The Morgan fingerprint density at radius 1 is 1.25 bits per heavy atom. The van der Waals surface area contributed by atoms with E-state index in [1.54, 1.807) is 0 Å². The van der Waals surface area contributed by atoms with Gasteiger partial charge in [-0.15, -0.1) is 0 Å². The number of benzene rings is 1. The van der Waals surface area contributed by atoms with Crippen LogP contribution in [0.2, 0.25) is 0 Å². The van der Waals surface area contributed by atoms with Crippen molar-refractivity contribution in [1.29, 1.82) is 0 Å². The van der Waals surface area contributed by atoms with Gasteiger partial charge in [-0.3, -0.25) is 9.80 Å². The van der Waals surface area contributed by atoms with Crippen LogP contribution in [0.25, 0.3) is 0 Å². The Morgan fingerprint density at radius 2 is 2.00 bits per heavy atom. The lowest BCUT2D eigenvalue weighted by Gasteiger charge is -2.24. The number of carbonyl (C=O) groups is 1. The Balaban J connectivity index is 1.64. The van der Waals surface area contributed by atoms with Crippen LogP contribution < -0.4 is 10.3 Å². The van der Waals surface area contributed by atoms with Crippen LogP contribution in [-0.2, 0) is 0 Å². The van der Waals surface area contributed by atoms with Gasteiger partial charge in [-0.1, -0.05) is 19.3 Å². The van der Waals surface area contributed by atoms with E-state index >= 15 is 0 Å². The molecule has 2 N–H and O–H groups in total. The third-order valence-electron chi connectivity index (χ3n) is 5.11. The van der Waals surface area contributed by atoms with E-state index in [2.05, 4.69) is 10.4 Å². The molecule has 1 aromatic carbocycles. The molecule has 0 saturated heterocycles. The maximum absolute atomic E-state index is 12.5. The summed E-state index contributed by atoms with van der Waals surface area (Å²) >= 11 is 0. The van der Waals surface area contributed by atoms with E-state index in [1.165, 1.54) is 6.42 Å². The van der Waals surface area contributed by atoms with E-state index in [0.29, 0.717) is 5.56 Å². The second-order valence-electron chi connectivity index (χ2n) is 6.92. The summed E-state index contributed by atoms with van der Waals surface area (Å²) in [5, 5.41) is 19.2. The maximum Gasteiger partial charge on any atom is 0.251 e. The van der Waals surface area contributed by atoms with Gasteiger partial charge in [-0.2, -0.15) is 5.10 Å². The van der Waals surface area contributed by atoms with Crippen LogP contribution in [-0.4, -0.2) is 35.9 Å². The summed E-state index contributed by atoms with van der Waals surface area (Å²) in [6.07, 6.45) is 6.39. The first kappa shape index (κ1) is 17.0. The number of hydrazone groups is 1. The molecule has 24 heavy (non-hydrogen) atoms. The second kappa shape index (κ2) is 7.79. The highest BCUT2D eigenvalue weighted by Crippen LogP contribution is 2.24. The fraction of sp³-hybridized carbons (Fsp3) is 0.579. The second-order valence-corrected chi connectivity index (χ2v) is 6.92. The quantitative estimate of drug-likeness (QED) is 0.835. The van der Waals surface area contributed by atoms with Gasteiger partial charge in [0.05, 0.1) is 5.69 Å². The molecule has 1 aromatic rings. The first-order valence-electron chi connectivity index (χ1n) is 9.01. The molecule has 0 aromatic heterocycles. The van der Waals surface area contributed by atoms with E-state index in [0.717, 1.165) is 50.0 Å². The molecule has 130 valence electrons. The molecule has 5 nitrogen and oxygen atoms in total. The lowest BCUT2D eigenvalue weighted by Crippen LogP contribution is -2.41. The summed E-state index contributed by atoms with van der Waals surface area (Å²) in [4.78, 5) is 12.5. The summed E-state index contributed by atoms with van der Waals surface area (Å²) in [5.41, 5.74) is 2.82. The normalized spacial score (nSPS) is 24.4. The molecule has 2 unspecified atom stereocenters. The number of aliphatic hydroxyl groups excluding tert-OH is 1. The standard InChI is InChI=1S/C19H27N3O2/c1-14-11-12-22(21-14)17-9-7-15(8-10-17)19(24)20-18-6-4-2-3-5-16(18)13-23/h7-10,16,18,23H,2-6,11-13H2,1H3,(H,20,24). The number of nitrogens with one attached hydrogen (secondary N) is 1. The molecule has 2 atom stereocenters. The monoisotopic (exact) mass is 329 g/mol. The lowest BCUT2D eigenvalue weighted by molar-refractivity contribution is 0.0899. The van der Waals surface area contributed by atoms with Gasteiger partial charge in [-0.05, 0) is 44.0 Å². The van der Waals surface area contributed by atoms with Gasteiger partial charge in [0.1, 0.15) is 0 Å². The van der Waals surface area contributed by atoms with Crippen molar-refractivity contribution >= 4 is 17.3 Å². The van der Waals surface area contributed by atoms with Crippen molar-refractivity contribution in [3.05, 3.63) is 29.8 Å². The third kappa shape index (κ3) is 3.96. The maximum atomic E-state index is 12.5. The van der Waals surface area contributed by atoms with Crippen LogP contribution in [0.3, 0.4) is 0 Å². The molecule has 1 aliphatic heterocycles. The number of hydrogen-bond acceptors (Lipinski definition) is 4. The van der Waals surface area contributed by atoms with Crippen LogP contribution in [0.4, 0.5) is 5.69 Å². The molecular weight excluding hydrogens is 302 g/mol. The Bertz CT molecular complexity index is 597. The topological polar surface area (TPSA) is 64.9 Å². The number of hydrogen-bond donors (Lipinski definition) is 2. The van der Waals surface area contributed by atoms with Gasteiger partial charge in [0.25, 0.3) is 5.91 Å². The zero-order valence-corrected chi connectivity index (χ0v) is 14.4. The molecule has 0 radical (unpaired) electrons. The molecule has 1 saturated carbocycles. The average molecular weight is 329 g/mol. The summed E-state index contributed by atoms with van der Waals surface area (Å²) in [6.45, 7) is 3.08. The van der Waals surface area contributed by atoms with Crippen LogP contribution in [0.15, 0.2) is 29.4 Å². The smallest absolute Gasteiger partial charge is 0.251 e. The van der Waals surface area contributed by atoms with Crippen LogP contribution >= 0.6 is 0 Å². The minimum atomic E-state index is -0.0481. The van der Waals surface area contributed by atoms with Crippen molar-refractivity contribution in [3.8, 4) is 0 Å². The molecule has 1 fully saturated rings.